The van der Waals surface area contributed by atoms with E-state index in [4.69, 9.17) is 0 Å². The summed E-state index contributed by atoms with van der Waals surface area (Å²) in [7, 11) is 3.78. The molecule has 0 bridgehead atoms. The second-order valence-electron chi connectivity index (χ2n) is 4.60. The molecule has 0 aromatic carbocycles. The minimum Gasteiger partial charge on any atom is -0.373 e. The van der Waals surface area contributed by atoms with E-state index < -0.39 is 0 Å². The van der Waals surface area contributed by atoms with Gasteiger partial charge in [-0.05, 0) is 5.92 Å². The Bertz CT molecular complexity index is 547. The number of nitrogens with one attached hydrogen (secondary N) is 2. The summed E-state index contributed by atoms with van der Waals surface area (Å²) >= 11 is 0. The van der Waals surface area contributed by atoms with Crippen molar-refractivity contribution in [3.63, 3.8) is 0 Å². The highest BCUT2D eigenvalue weighted by molar-refractivity contribution is 5.58. The van der Waals surface area contributed by atoms with Crippen molar-refractivity contribution in [1.82, 2.24) is 24.7 Å². The largest absolute Gasteiger partial charge is 0.373 e. The van der Waals surface area contributed by atoms with Crippen LogP contribution in [0, 0.1) is 0 Å². The van der Waals surface area contributed by atoms with Gasteiger partial charge < -0.3 is 15.2 Å². The molecule has 0 aliphatic carbocycles. The van der Waals surface area contributed by atoms with Crippen molar-refractivity contribution in [2.45, 2.75) is 26.3 Å². The molecule has 7 nitrogen and oxygen atoms in total. The van der Waals surface area contributed by atoms with Crippen LogP contribution in [-0.4, -0.2) is 31.8 Å². The predicted octanol–water partition coefficient (Wildman–Crippen LogP) is 1.38. The molecule has 0 amide bonds. The second kappa shape index (κ2) is 5.64. The molecule has 102 valence electrons. The minimum absolute atomic E-state index is 0.325. The molecular formula is C12H19N7. The SMILES string of the molecule is CNc1ncnc(NCc2nncn2C)c1C(C)C. The van der Waals surface area contributed by atoms with Crippen molar-refractivity contribution in [1.29, 1.82) is 0 Å². The van der Waals surface area contributed by atoms with Crippen molar-refractivity contribution < 1.29 is 0 Å². The molecule has 0 spiro atoms. The fourth-order valence-electron chi connectivity index (χ4n) is 1.91. The Morgan fingerprint density at radius 2 is 2.00 bits per heavy atom. The molecule has 2 N–H and O–H groups in total. The molecule has 0 aliphatic heterocycles. The van der Waals surface area contributed by atoms with E-state index in [1.165, 1.54) is 0 Å². The zero-order chi connectivity index (χ0) is 13.8. The molecule has 0 fully saturated rings. The van der Waals surface area contributed by atoms with Gasteiger partial charge in [-0.1, -0.05) is 13.8 Å². The van der Waals surface area contributed by atoms with Crippen LogP contribution in [-0.2, 0) is 13.6 Å². The maximum Gasteiger partial charge on any atom is 0.151 e. The molecule has 0 saturated heterocycles. The van der Waals surface area contributed by atoms with Crippen LogP contribution in [0.3, 0.4) is 0 Å². The van der Waals surface area contributed by atoms with Crippen LogP contribution in [0.15, 0.2) is 12.7 Å². The first kappa shape index (κ1) is 13.3. The Morgan fingerprint density at radius 3 is 2.58 bits per heavy atom. The number of anilines is 2. The van der Waals surface area contributed by atoms with Gasteiger partial charge in [0.05, 0.1) is 6.54 Å². The maximum absolute atomic E-state index is 4.32. The third-order valence-corrected chi connectivity index (χ3v) is 2.92. The predicted molar refractivity (Wildman–Crippen MR) is 74.0 cm³/mol. The molecule has 0 aliphatic rings. The number of aromatic nitrogens is 5. The van der Waals surface area contributed by atoms with E-state index in [2.05, 4.69) is 44.6 Å². The van der Waals surface area contributed by atoms with Gasteiger partial charge in [0.1, 0.15) is 24.3 Å². The van der Waals surface area contributed by atoms with Crippen LogP contribution < -0.4 is 10.6 Å². The van der Waals surface area contributed by atoms with E-state index in [0.29, 0.717) is 12.5 Å². The summed E-state index contributed by atoms with van der Waals surface area (Å²) < 4.78 is 1.88. The van der Waals surface area contributed by atoms with Crippen LogP contribution in [0.25, 0.3) is 0 Å². The van der Waals surface area contributed by atoms with Crippen LogP contribution in [0.4, 0.5) is 11.6 Å². The lowest BCUT2D eigenvalue weighted by Crippen LogP contribution is -2.11. The maximum atomic E-state index is 4.32. The average Bonchev–Trinajstić information content (AvgIpc) is 2.81. The summed E-state index contributed by atoms with van der Waals surface area (Å²) in [5.74, 6) is 2.87. The lowest BCUT2D eigenvalue weighted by Gasteiger charge is -2.16. The Labute approximate surface area is 112 Å². The molecule has 2 rings (SSSR count). The number of nitrogens with zero attached hydrogens (tertiary/aromatic N) is 5. The summed E-state index contributed by atoms with van der Waals surface area (Å²) in [5.41, 5.74) is 1.08. The topological polar surface area (TPSA) is 80.6 Å². The van der Waals surface area contributed by atoms with Gasteiger partial charge in [-0.3, -0.25) is 0 Å². The normalized spacial score (nSPS) is 10.8. The molecule has 2 aromatic rings. The quantitative estimate of drug-likeness (QED) is 0.846. The van der Waals surface area contributed by atoms with E-state index in [1.807, 2.05) is 18.7 Å². The van der Waals surface area contributed by atoms with Crippen LogP contribution in [0.5, 0.6) is 0 Å². The van der Waals surface area contributed by atoms with Crippen LogP contribution >= 0.6 is 0 Å². The third kappa shape index (κ3) is 2.81. The zero-order valence-electron chi connectivity index (χ0n) is 11.7. The van der Waals surface area contributed by atoms with Gasteiger partial charge in [0.2, 0.25) is 0 Å². The Balaban J connectivity index is 2.22. The van der Waals surface area contributed by atoms with E-state index in [9.17, 15) is 0 Å². The highest BCUT2D eigenvalue weighted by Gasteiger charge is 2.14. The molecular weight excluding hydrogens is 242 g/mol. The Morgan fingerprint density at radius 1 is 1.26 bits per heavy atom. The van der Waals surface area contributed by atoms with E-state index in [-0.39, 0.29) is 0 Å². The van der Waals surface area contributed by atoms with Gasteiger partial charge in [-0.15, -0.1) is 10.2 Å². The number of hydrogen-bond acceptors (Lipinski definition) is 6. The van der Waals surface area contributed by atoms with Gasteiger partial charge >= 0.3 is 0 Å². The summed E-state index contributed by atoms with van der Waals surface area (Å²) in [6.07, 6.45) is 3.23. The van der Waals surface area contributed by atoms with Gasteiger partial charge in [-0.2, -0.15) is 0 Å². The van der Waals surface area contributed by atoms with E-state index in [1.54, 1.807) is 12.7 Å². The molecule has 2 heterocycles. The Kier molecular flexibility index (Phi) is 3.94. The second-order valence-corrected chi connectivity index (χ2v) is 4.60. The summed E-state index contributed by atoms with van der Waals surface area (Å²) in [6.45, 7) is 4.82. The fraction of sp³-hybridized carbons (Fsp3) is 0.500. The zero-order valence-corrected chi connectivity index (χ0v) is 11.7. The van der Waals surface area contributed by atoms with Gasteiger partial charge in [-0.25, -0.2) is 9.97 Å². The number of hydrogen-bond donors (Lipinski definition) is 2. The lowest BCUT2D eigenvalue weighted by molar-refractivity contribution is 0.800. The van der Waals surface area contributed by atoms with Gasteiger partial charge in [0.25, 0.3) is 0 Å². The monoisotopic (exact) mass is 261 g/mol. The molecule has 0 atom stereocenters. The first-order chi connectivity index (χ1) is 9.13. The first-order valence-corrected chi connectivity index (χ1v) is 6.22. The first-order valence-electron chi connectivity index (χ1n) is 6.22. The minimum atomic E-state index is 0.325. The molecule has 2 aromatic heterocycles. The summed E-state index contributed by atoms with van der Waals surface area (Å²) in [4.78, 5) is 8.56. The third-order valence-electron chi connectivity index (χ3n) is 2.92. The summed E-state index contributed by atoms with van der Waals surface area (Å²) in [5, 5.41) is 14.3. The number of rotatable bonds is 5. The van der Waals surface area contributed by atoms with Gasteiger partial charge in [0.15, 0.2) is 5.82 Å². The highest BCUT2D eigenvalue weighted by Crippen LogP contribution is 2.28. The molecule has 0 saturated carbocycles. The Hall–Kier alpha value is -2.18. The molecule has 19 heavy (non-hydrogen) atoms. The molecule has 0 unspecified atom stereocenters. The van der Waals surface area contributed by atoms with E-state index in [0.717, 1.165) is 23.0 Å². The van der Waals surface area contributed by atoms with Crippen molar-refractivity contribution in [3.05, 3.63) is 24.0 Å². The van der Waals surface area contributed by atoms with Crippen LogP contribution in [0.2, 0.25) is 0 Å². The summed E-state index contributed by atoms with van der Waals surface area (Å²) in [6, 6.07) is 0. The van der Waals surface area contributed by atoms with Crippen molar-refractivity contribution >= 4 is 11.6 Å². The smallest absolute Gasteiger partial charge is 0.151 e. The lowest BCUT2D eigenvalue weighted by atomic mass is 10.0. The van der Waals surface area contributed by atoms with Crippen LogP contribution in [0.1, 0.15) is 31.2 Å². The fourth-order valence-corrected chi connectivity index (χ4v) is 1.91. The standard InChI is InChI=1S/C12H19N7/c1-8(2)10-11(13-3)15-6-16-12(10)14-5-9-18-17-7-19(9)4/h6-8H,5H2,1-4H3,(H2,13,14,15,16). The van der Waals surface area contributed by atoms with E-state index >= 15 is 0 Å². The van der Waals surface area contributed by atoms with Gasteiger partial charge in [0, 0.05) is 19.7 Å². The van der Waals surface area contributed by atoms with Crippen molar-refractivity contribution in [2.75, 3.05) is 17.7 Å². The average molecular weight is 261 g/mol. The van der Waals surface area contributed by atoms with Crippen molar-refractivity contribution in [2.24, 2.45) is 7.05 Å². The molecule has 0 radical (unpaired) electrons. The molecule has 7 heteroatoms. The highest BCUT2D eigenvalue weighted by atomic mass is 15.3. The van der Waals surface area contributed by atoms with Crippen molar-refractivity contribution in [3.8, 4) is 0 Å². The number of aryl methyl sites for hydroxylation is 1.